The van der Waals surface area contributed by atoms with Crippen molar-refractivity contribution in [3.05, 3.63) is 87.6 Å². The fraction of sp³-hybridized carbons (Fsp3) is 0.333. The number of esters is 1. The number of para-hydroxylation sites is 1. The standard InChI is InChI=1S/C27H28ClN2O3S/c28-25-12-11-24(34-25)22(31)17-30-15-13-19(14-16-30)23(18-30)33-27(32)26(20-7-3-1-4-8-20)29-21-9-5-2-6-10-21/h1-12,19,23,26,29H,13-18H2/q+1/t19?,23-,26+,30?/m0/s1. The molecule has 0 amide bonds. The summed E-state index contributed by atoms with van der Waals surface area (Å²) in [7, 11) is 0. The Labute approximate surface area is 208 Å². The van der Waals surface area contributed by atoms with Gasteiger partial charge in [0.05, 0.1) is 22.3 Å². The molecule has 0 spiro atoms. The number of carbonyl (C=O) groups excluding carboxylic acids is 2. The van der Waals surface area contributed by atoms with Crippen LogP contribution in [0.15, 0.2) is 72.8 Å². The lowest BCUT2D eigenvalue weighted by Gasteiger charge is -2.51. The minimum absolute atomic E-state index is 0.121. The van der Waals surface area contributed by atoms with Gasteiger partial charge < -0.3 is 14.5 Å². The highest BCUT2D eigenvalue weighted by Crippen LogP contribution is 2.37. The van der Waals surface area contributed by atoms with E-state index in [0.29, 0.717) is 32.7 Å². The second kappa shape index (κ2) is 9.90. The van der Waals surface area contributed by atoms with Gasteiger partial charge in [-0.3, -0.25) is 4.79 Å². The zero-order valence-electron chi connectivity index (χ0n) is 18.9. The van der Waals surface area contributed by atoms with E-state index >= 15 is 0 Å². The molecule has 3 aromatic rings. The van der Waals surface area contributed by atoms with Gasteiger partial charge in [0.25, 0.3) is 0 Å². The Morgan fingerprint density at radius 1 is 1.00 bits per heavy atom. The molecule has 176 valence electrons. The molecule has 1 aromatic heterocycles. The van der Waals surface area contributed by atoms with E-state index in [1.165, 1.54) is 11.3 Å². The predicted octanol–water partition coefficient (Wildman–Crippen LogP) is 5.59. The van der Waals surface area contributed by atoms with Gasteiger partial charge in [-0.15, -0.1) is 11.3 Å². The van der Waals surface area contributed by atoms with Crippen molar-refractivity contribution in [2.75, 3.05) is 31.5 Å². The molecule has 0 saturated carbocycles. The van der Waals surface area contributed by atoms with Crippen LogP contribution in [0.3, 0.4) is 0 Å². The molecule has 0 unspecified atom stereocenters. The number of quaternary nitrogens is 1. The van der Waals surface area contributed by atoms with Crippen molar-refractivity contribution in [2.24, 2.45) is 5.92 Å². The normalized spacial score (nSPS) is 24.4. The number of nitrogens with zero attached hydrogens (tertiary/aromatic N) is 1. The van der Waals surface area contributed by atoms with Gasteiger partial charge in [0.15, 0.2) is 12.1 Å². The molecule has 2 aromatic carbocycles. The Hall–Kier alpha value is -2.67. The van der Waals surface area contributed by atoms with Crippen LogP contribution in [0.4, 0.5) is 5.69 Å². The topological polar surface area (TPSA) is 55.4 Å². The summed E-state index contributed by atoms with van der Waals surface area (Å²) >= 11 is 7.37. The Morgan fingerprint density at radius 2 is 1.68 bits per heavy atom. The van der Waals surface area contributed by atoms with E-state index in [0.717, 1.165) is 37.2 Å². The first-order valence-electron chi connectivity index (χ1n) is 11.7. The van der Waals surface area contributed by atoms with Crippen LogP contribution in [-0.4, -0.2) is 48.5 Å². The van der Waals surface area contributed by atoms with Crippen LogP contribution in [0.1, 0.15) is 34.1 Å². The molecular weight excluding hydrogens is 468 g/mol. The zero-order valence-corrected chi connectivity index (χ0v) is 20.4. The summed E-state index contributed by atoms with van der Waals surface area (Å²) in [6, 6.07) is 22.4. The number of thiophene rings is 1. The summed E-state index contributed by atoms with van der Waals surface area (Å²) in [5.41, 5.74) is 1.73. The fourth-order valence-electron chi connectivity index (χ4n) is 5.27. The Balaban J connectivity index is 1.31. The molecule has 3 aliphatic rings. The summed E-state index contributed by atoms with van der Waals surface area (Å²) in [6.07, 6.45) is 1.76. The number of rotatable bonds is 8. The highest BCUT2D eigenvalue weighted by molar-refractivity contribution is 7.18. The largest absolute Gasteiger partial charge is 0.454 e. The monoisotopic (exact) mass is 495 g/mol. The first kappa shape index (κ1) is 23.1. The molecule has 3 aliphatic heterocycles. The molecule has 0 aliphatic carbocycles. The van der Waals surface area contributed by atoms with Gasteiger partial charge in [0, 0.05) is 24.4 Å². The first-order valence-corrected chi connectivity index (χ1v) is 12.9. The van der Waals surface area contributed by atoms with Crippen LogP contribution >= 0.6 is 22.9 Å². The van der Waals surface area contributed by atoms with Gasteiger partial charge >= 0.3 is 5.97 Å². The van der Waals surface area contributed by atoms with Crippen molar-refractivity contribution in [1.82, 2.24) is 0 Å². The molecule has 7 heteroatoms. The number of benzene rings is 2. The average Bonchev–Trinajstić information content (AvgIpc) is 3.31. The number of anilines is 1. The molecule has 5 nitrogen and oxygen atoms in total. The predicted molar refractivity (Wildman–Crippen MR) is 135 cm³/mol. The number of hydrogen-bond acceptors (Lipinski definition) is 5. The number of hydrogen-bond donors (Lipinski definition) is 1. The van der Waals surface area contributed by atoms with E-state index in [-0.39, 0.29) is 17.9 Å². The van der Waals surface area contributed by atoms with Gasteiger partial charge in [-0.25, -0.2) is 4.79 Å². The highest BCUT2D eigenvalue weighted by Gasteiger charge is 2.49. The van der Waals surface area contributed by atoms with Crippen molar-refractivity contribution in [3.8, 4) is 0 Å². The molecule has 4 heterocycles. The Morgan fingerprint density at radius 3 is 2.32 bits per heavy atom. The lowest BCUT2D eigenvalue weighted by Crippen LogP contribution is -2.65. The highest BCUT2D eigenvalue weighted by atomic mass is 35.5. The second-order valence-corrected chi connectivity index (χ2v) is 11.0. The van der Waals surface area contributed by atoms with Crippen LogP contribution in [-0.2, 0) is 9.53 Å². The van der Waals surface area contributed by atoms with Crippen LogP contribution in [0.2, 0.25) is 4.34 Å². The van der Waals surface area contributed by atoms with E-state index < -0.39 is 6.04 Å². The summed E-state index contributed by atoms with van der Waals surface area (Å²) < 4.78 is 7.50. The molecule has 2 bridgehead atoms. The molecule has 34 heavy (non-hydrogen) atoms. The van der Waals surface area contributed by atoms with Gasteiger partial charge in [0.2, 0.25) is 5.78 Å². The summed E-state index contributed by atoms with van der Waals surface area (Å²) in [5, 5.41) is 3.35. The van der Waals surface area contributed by atoms with Crippen LogP contribution in [0, 0.1) is 5.92 Å². The van der Waals surface area contributed by atoms with Crippen molar-refractivity contribution in [3.63, 3.8) is 0 Å². The van der Waals surface area contributed by atoms with E-state index in [1.807, 2.05) is 66.7 Å². The number of carbonyl (C=O) groups is 2. The van der Waals surface area contributed by atoms with E-state index in [1.54, 1.807) is 6.07 Å². The smallest absolute Gasteiger partial charge is 0.333 e. The molecule has 3 fully saturated rings. The molecule has 6 rings (SSSR count). The van der Waals surface area contributed by atoms with Crippen molar-refractivity contribution in [2.45, 2.75) is 25.0 Å². The minimum Gasteiger partial charge on any atom is -0.454 e. The maximum absolute atomic E-state index is 13.5. The molecule has 3 saturated heterocycles. The lowest BCUT2D eigenvalue weighted by atomic mass is 9.83. The molecule has 2 atom stereocenters. The van der Waals surface area contributed by atoms with E-state index in [2.05, 4.69) is 5.32 Å². The van der Waals surface area contributed by atoms with E-state index in [4.69, 9.17) is 16.3 Å². The third-order valence-corrected chi connectivity index (χ3v) is 8.36. The maximum atomic E-state index is 13.5. The number of Topliss-reactive ketones (excluding diaryl/α,β-unsaturated/α-hetero) is 1. The van der Waals surface area contributed by atoms with Crippen molar-refractivity contribution >= 4 is 40.4 Å². The van der Waals surface area contributed by atoms with Crippen LogP contribution < -0.4 is 5.32 Å². The summed E-state index contributed by atoms with van der Waals surface area (Å²) in [6.45, 7) is 3.03. The third-order valence-electron chi connectivity index (χ3n) is 7.09. The number of ketones is 1. The van der Waals surface area contributed by atoms with E-state index in [9.17, 15) is 9.59 Å². The zero-order chi connectivity index (χ0) is 23.5. The van der Waals surface area contributed by atoms with Gasteiger partial charge in [-0.05, 0) is 29.8 Å². The Kier molecular flexibility index (Phi) is 6.73. The number of halogens is 1. The van der Waals surface area contributed by atoms with Crippen LogP contribution in [0.25, 0.3) is 0 Å². The van der Waals surface area contributed by atoms with Gasteiger partial charge in [0.1, 0.15) is 13.1 Å². The quantitative estimate of drug-likeness (QED) is 0.251. The first-order chi connectivity index (χ1) is 16.5. The van der Waals surface area contributed by atoms with Crippen molar-refractivity contribution < 1.29 is 18.8 Å². The minimum atomic E-state index is -0.595. The maximum Gasteiger partial charge on any atom is 0.333 e. The van der Waals surface area contributed by atoms with Crippen LogP contribution in [0.5, 0.6) is 0 Å². The average molecular weight is 496 g/mol. The summed E-state index contributed by atoms with van der Waals surface area (Å²) in [5.74, 6) is 0.196. The lowest BCUT2D eigenvalue weighted by molar-refractivity contribution is -0.938. The number of ether oxygens (including phenoxy) is 1. The Bertz CT molecular complexity index is 1140. The molecular formula is C27H28ClN2O3S+. The fourth-order valence-corrected chi connectivity index (χ4v) is 6.24. The van der Waals surface area contributed by atoms with Gasteiger partial charge in [-0.1, -0.05) is 60.1 Å². The van der Waals surface area contributed by atoms with Gasteiger partial charge in [-0.2, -0.15) is 0 Å². The summed E-state index contributed by atoms with van der Waals surface area (Å²) in [4.78, 5) is 27.1. The number of fused-ring (bicyclic) bond motifs is 3. The third kappa shape index (κ3) is 5.04. The number of piperidine rings is 3. The second-order valence-electron chi connectivity index (χ2n) is 9.32. The van der Waals surface area contributed by atoms with Crippen molar-refractivity contribution in [1.29, 1.82) is 0 Å². The SMILES string of the molecule is O=C(C[N+]12CCC(CC1)[C@@H](OC(=O)[C@H](Nc1ccccc1)c1ccccc1)C2)c1ccc(Cl)s1. The molecule has 0 radical (unpaired) electrons. The molecule has 1 N–H and O–H groups in total. The number of nitrogens with one attached hydrogen (secondary N) is 1.